The Morgan fingerprint density at radius 2 is 2.00 bits per heavy atom. The van der Waals surface area contributed by atoms with Gasteiger partial charge in [0.15, 0.2) is 11.5 Å². The molecular formula is C14H19NO2. The van der Waals surface area contributed by atoms with Crippen LogP contribution in [0.4, 0.5) is 0 Å². The van der Waals surface area contributed by atoms with Crippen LogP contribution in [-0.4, -0.2) is 19.3 Å². The molecule has 3 atom stereocenters. The van der Waals surface area contributed by atoms with Crippen molar-refractivity contribution in [3.05, 3.63) is 23.8 Å². The van der Waals surface area contributed by atoms with E-state index in [4.69, 9.17) is 15.2 Å². The lowest BCUT2D eigenvalue weighted by molar-refractivity contribution is 0.169. The standard InChI is InChI=1S/C14H19NO2/c1-2-10-11(8-12(10)15)9-3-4-13-14(7-9)17-6-5-16-13/h3-4,7,10-12H,2,5-6,8,15H2,1H3. The summed E-state index contributed by atoms with van der Waals surface area (Å²) < 4.78 is 11.2. The summed E-state index contributed by atoms with van der Waals surface area (Å²) in [6, 6.07) is 6.69. The predicted molar refractivity (Wildman–Crippen MR) is 66.5 cm³/mol. The number of hydrogen-bond donors (Lipinski definition) is 1. The second kappa shape index (κ2) is 4.22. The molecule has 3 rings (SSSR count). The molecule has 0 bridgehead atoms. The van der Waals surface area contributed by atoms with Gasteiger partial charge in [-0.25, -0.2) is 0 Å². The molecule has 1 heterocycles. The Morgan fingerprint density at radius 3 is 2.71 bits per heavy atom. The summed E-state index contributed by atoms with van der Waals surface area (Å²) in [4.78, 5) is 0. The molecule has 1 fully saturated rings. The smallest absolute Gasteiger partial charge is 0.161 e. The first-order chi connectivity index (χ1) is 8.29. The maximum Gasteiger partial charge on any atom is 0.161 e. The van der Waals surface area contributed by atoms with Gasteiger partial charge in [0.2, 0.25) is 0 Å². The van der Waals surface area contributed by atoms with Crippen molar-refractivity contribution in [1.82, 2.24) is 0 Å². The Bertz CT molecular complexity index is 419. The molecule has 1 aromatic carbocycles. The number of ether oxygens (including phenoxy) is 2. The lowest BCUT2D eigenvalue weighted by Crippen LogP contribution is -2.45. The molecular weight excluding hydrogens is 214 g/mol. The van der Waals surface area contributed by atoms with Crippen molar-refractivity contribution in [2.75, 3.05) is 13.2 Å². The average molecular weight is 233 g/mol. The van der Waals surface area contributed by atoms with E-state index in [2.05, 4.69) is 19.1 Å². The van der Waals surface area contributed by atoms with Gasteiger partial charge in [-0.05, 0) is 36.0 Å². The third kappa shape index (κ3) is 1.78. The highest BCUT2D eigenvalue weighted by Gasteiger charge is 2.38. The van der Waals surface area contributed by atoms with Crippen LogP contribution in [0.25, 0.3) is 0 Å². The van der Waals surface area contributed by atoms with Crippen molar-refractivity contribution < 1.29 is 9.47 Å². The molecule has 0 amide bonds. The third-order valence-electron chi connectivity index (χ3n) is 4.06. The summed E-state index contributed by atoms with van der Waals surface area (Å²) in [6.45, 7) is 3.52. The number of nitrogens with two attached hydrogens (primary N) is 1. The van der Waals surface area contributed by atoms with E-state index in [0.717, 1.165) is 24.3 Å². The maximum absolute atomic E-state index is 6.04. The SMILES string of the molecule is CCC1C(N)CC1c1ccc2c(c1)OCCO2. The van der Waals surface area contributed by atoms with E-state index in [1.807, 2.05) is 6.07 Å². The van der Waals surface area contributed by atoms with Crippen LogP contribution in [-0.2, 0) is 0 Å². The number of fused-ring (bicyclic) bond motifs is 1. The summed E-state index contributed by atoms with van der Waals surface area (Å²) in [6.07, 6.45) is 2.25. The molecule has 2 aliphatic rings. The fraction of sp³-hybridized carbons (Fsp3) is 0.571. The number of benzene rings is 1. The first-order valence-corrected chi connectivity index (χ1v) is 6.44. The van der Waals surface area contributed by atoms with Crippen molar-refractivity contribution in [1.29, 1.82) is 0 Å². The van der Waals surface area contributed by atoms with Gasteiger partial charge in [0, 0.05) is 6.04 Å². The summed E-state index contributed by atoms with van der Waals surface area (Å²) >= 11 is 0. The van der Waals surface area contributed by atoms with Crippen molar-refractivity contribution in [2.45, 2.75) is 31.7 Å². The highest BCUT2D eigenvalue weighted by Crippen LogP contribution is 2.45. The fourth-order valence-electron chi connectivity index (χ4n) is 3.01. The Balaban J connectivity index is 1.84. The largest absolute Gasteiger partial charge is 0.486 e. The minimum Gasteiger partial charge on any atom is -0.486 e. The van der Waals surface area contributed by atoms with E-state index in [9.17, 15) is 0 Å². The second-order valence-corrected chi connectivity index (χ2v) is 4.98. The maximum atomic E-state index is 6.04. The van der Waals surface area contributed by atoms with Crippen molar-refractivity contribution in [3.8, 4) is 11.5 Å². The summed E-state index contributed by atoms with van der Waals surface area (Å²) in [7, 11) is 0. The van der Waals surface area contributed by atoms with Gasteiger partial charge >= 0.3 is 0 Å². The van der Waals surface area contributed by atoms with E-state index in [0.29, 0.717) is 31.1 Å². The normalized spacial score (nSPS) is 30.8. The lowest BCUT2D eigenvalue weighted by Gasteiger charge is -2.43. The predicted octanol–water partition coefficient (Wildman–Crippen LogP) is 2.30. The molecule has 2 N–H and O–H groups in total. The van der Waals surface area contributed by atoms with Crippen LogP contribution in [0.3, 0.4) is 0 Å². The van der Waals surface area contributed by atoms with E-state index in [1.165, 1.54) is 5.56 Å². The third-order valence-corrected chi connectivity index (χ3v) is 4.06. The molecule has 1 aliphatic carbocycles. The first kappa shape index (κ1) is 10.9. The first-order valence-electron chi connectivity index (χ1n) is 6.44. The van der Waals surface area contributed by atoms with E-state index < -0.39 is 0 Å². The number of rotatable bonds is 2. The van der Waals surface area contributed by atoms with Gasteiger partial charge in [0.1, 0.15) is 13.2 Å². The highest BCUT2D eigenvalue weighted by atomic mass is 16.6. The summed E-state index contributed by atoms with van der Waals surface area (Å²) in [5, 5.41) is 0. The van der Waals surface area contributed by atoms with Crippen LogP contribution in [0, 0.1) is 5.92 Å². The molecule has 0 spiro atoms. The van der Waals surface area contributed by atoms with Crippen LogP contribution < -0.4 is 15.2 Å². The minimum atomic E-state index is 0.373. The molecule has 92 valence electrons. The van der Waals surface area contributed by atoms with Crippen LogP contribution >= 0.6 is 0 Å². The molecule has 1 saturated carbocycles. The van der Waals surface area contributed by atoms with Crippen LogP contribution in [0.15, 0.2) is 18.2 Å². The van der Waals surface area contributed by atoms with Gasteiger partial charge in [-0.3, -0.25) is 0 Å². The molecule has 17 heavy (non-hydrogen) atoms. The zero-order chi connectivity index (χ0) is 11.8. The van der Waals surface area contributed by atoms with Crippen LogP contribution in [0.2, 0.25) is 0 Å². The summed E-state index contributed by atoms with van der Waals surface area (Å²) in [5.41, 5.74) is 7.39. The van der Waals surface area contributed by atoms with Crippen molar-refractivity contribution in [2.24, 2.45) is 11.7 Å². The average Bonchev–Trinajstić information content (AvgIpc) is 2.36. The van der Waals surface area contributed by atoms with E-state index >= 15 is 0 Å². The molecule has 0 aromatic heterocycles. The number of hydrogen-bond acceptors (Lipinski definition) is 3. The Hall–Kier alpha value is -1.22. The quantitative estimate of drug-likeness (QED) is 0.852. The zero-order valence-electron chi connectivity index (χ0n) is 10.2. The monoisotopic (exact) mass is 233 g/mol. The Morgan fingerprint density at radius 1 is 1.24 bits per heavy atom. The topological polar surface area (TPSA) is 44.5 Å². The van der Waals surface area contributed by atoms with Crippen LogP contribution in [0.5, 0.6) is 11.5 Å². The van der Waals surface area contributed by atoms with Gasteiger partial charge in [-0.1, -0.05) is 19.4 Å². The van der Waals surface area contributed by atoms with Gasteiger partial charge in [0.05, 0.1) is 0 Å². The van der Waals surface area contributed by atoms with Crippen molar-refractivity contribution >= 4 is 0 Å². The molecule has 0 saturated heterocycles. The molecule has 1 aliphatic heterocycles. The molecule has 3 unspecified atom stereocenters. The lowest BCUT2D eigenvalue weighted by atomic mass is 9.65. The Labute approximate surface area is 102 Å². The molecule has 3 heteroatoms. The van der Waals surface area contributed by atoms with Gasteiger partial charge < -0.3 is 15.2 Å². The van der Waals surface area contributed by atoms with Gasteiger partial charge in [-0.15, -0.1) is 0 Å². The van der Waals surface area contributed by atoms with Gasteiger partial charge in [0.25, 0.3) is 0 Å². The van der Waals surface area contributed by atoms with Gasteiger partial charge in [-0.2, -0.15) is 0 Å². The molecule has 0 radical (unpaired) electrons. The second-order valence-electron chi connectivity index (χ2n) is 4.98. The summed E-state index contributed by atoms with van der Waals surface area (Å²) in [5.74, 6) is 2.99. The fourth-order valence-corrected chi connectivity index (χ4v) is 3.01. The highest BCUT2D eigenvalue weighted by molar-refractivity contribution is 5.45. The van der Waals surface area contributed by atoms with Crippen molar-refractivity contribution in [3.63, 3.8) is 0 Å². The zero-order valence-corrected chi connectivity index (χ0v) is 10.2. The Kier molecular flexibility index (Phi) is 2.71. The minimum absolute atomic E-state index is 0.373. The van der Waals surface area contributed by atoms with Crippen LogP contribution in [0.1, 0.15) is 31.2 Å². The molecule has 1 aromatic rings. The van der Waals surface area contributed by atoms with E-state index in [1.54, 1.807) is 0 Å². The van der Waals surface area contributed by atoms with E-state index in [-0.39, 0.29) is 0 Å². The molecule has 3 nitrogen and oxygen atoms in total.